The van der Waals surface area contributed by atoms with Crippen LogP contribution < -0.4 is 19.6 Å². The fraction of sp³-hybridized carbons (Fsp3) is 0.0460. The van der Waals surface area contributed by atoms with Crippen molar-refractivity contribution in [2.45, 2.75) is 27.7 Å². The number of fused-ring (bicyclic) bond motifs is 12. The molecule has 14 aromatic carbocycles. The van der Waals surface area contributed by atoms with Crippen molar-refractivity contribution in [3.05, 3.63) is 351 Å². The van der Waals surface area contributed by atoms with Crippen LogP contribution in [0.1, 0.15) is 25.2 Å². The normalized spacial score (nSPS) is 11.1. The second-order valence-corrected chi connectivity index (χ2v) is 23.6. The Morgan fingerprint density at radius 2 is 0.582 bits per heavy atom. The molecular weight excluding hydrogens is 1380 g/mol. The molecule has 0 saturated carbocycles. The molecule has 1 N–H and O–H groups in total. The Morgan fingerprint density at radius 1 is 0.327 bits per heavy atom. The number of hydrogen-bond donors (Lipinski definition) is 1. The maximum absolute atomic E-state index is 10.0. The standard InChI is InChI=1S/2C41H29N4.C5H8O2.Ir/c2*1-29-28-42-40-36-24-22-34(44(30-14-6-2-7-15-30)31-16-8-3-9-17-31)26-38(36)39-27-35(23-25-37(39)41(40)43-29)45(32-18-10-4-11-19-32)33-20-12-5-13-21-33;1-4(6)3-5(2)7;/h2*2-23,25-28H,1H3;3,6H,1-2H3;/q2*-1;;. The van der Waals surface area contributed by atoms with Crippen LogP contribution in [0.3, 0.4) is 0 Å². The van der Waals surface area contributed by atoms with Gasteiger partial charge in [-0.1, -0.05) is 168 Å². The minimum absolute atomic E-state index is 0. The van der Waals surface area contributed by atoms with E-state index in [1.54, 1.807) is 0 Å². The van der Waals surface area contributed by atoms with Crippen LogP contribution in [0.2, 0.25) is 0 Å². The number of hydrogen-bond acceptors (Lipinski definition) is 10. The molecule has 2 heterocycles. The van der Waals surface area contributed by atoms with E-state index in [1.165, 1.54) is 19.9 Å². The van der Waals surface area contributed by atoms with E-state index in [1.807, 2.05) is 50.5 Å². The van der Waals surface area contributed by atoms with E-state index in [0.29, 0.717) is 0 Å². The first kappa shape index (κ1) is 64.6. The van der Waals surface area contributed by atoms with E-state index in [2.05, 4.69) is 311 Å². The molecule has 10 nitrogen and oxygen atoms in total. The summed E-state index contributed by atoms with van der Waals surface area (Å²) in [6.07, 6.45) is 4.85. The maximum atomic E-state index is 10.0. The zero-order chi connectivity index (χ0) is 66.2. The van der Waals surface area contributed by atoms with E-state index in [4.69, 9.17) is 25.0 Å². The van der Waals surface area contributed by atoms with E-state index in [0.717, 1.165) is 145 Å². The van der Waals surface area contributed by atoms with Gasteiger partial charge in [-0.15, -0.1) is 47.2 Å². The van der Waals surface area contributed by atoms with Crippen LogP contribution in [-0.2, 0) is 24.9 Å². The van der Waals surface area contributed by atoms with Crippen molar-refractivity contribution in [3.8, 4) is 0 Å². The molecule has 98 heavy (non-hydrogen) atoms. The summed E-state index contributed by atoms with van der Waals surface area (Å²) >= 11 is 0. The van der Waals surface area contributed by atoms with Gasteiger partial charge in [0.2, 0.25) is 0 Å². The molecule has 0 aliphatic heterocycles. The third-order valence-electron chi connectivity index (χ3n) is 16.8. The summed E-state index contributed by atoms with van der Waals surface area (Å²) in [7, 11) is 0. The number of carbonyl (C=O) groups excluding carboxylic acids is 1. The number of anilines is 12. The van der Waals surface area contributed by atoms with Crippen LogP contribution in [0.4, 0.5) is 68.2 Å². The summed E-state index contributed by atoms with van der Waals surface area (Å²) in [4.78, 5) is 38.9. The number of carbonyl (C=O) groups is 1. The fourth-order valence-electron chi connectivity index (χ4n) is 12.6. The number of aromatic nitrogens is 4. The molecule has 0 bridgehead atoms. The van der Waals surface area contributed by atoms with Crippen molar-refractivity contribution in [1.82, 2.24) is 19.9 Å². The second-order valence-electron chi connectivity index (χ2n) is 23.6. The van der Waals surface area contributed by atoms with Crippen molar-refractivity contribution in [1.29, 1.82) is 0 Å². The number of aliphatic hydroxyl groups is 1. The Labute approximate surface area is 583 Å². The molecule has 16 aromatic rings. The molecule has 0 unspecified atom stereocenters. The number of allylic oxidation sites excluding steroid dienone is 2. The molecule has 0 saturated heterocycles. The summed E-state index contributed by atoms with van der Waals surface area (Å²) in [6.45, 7) is 6.84. The molecule has 16 rings (SSSR count). The number of rotatable bonds is 13. The zero-order valence-electron chi connectivity index (χ0n) is 54.4. The van der Waals surface area contributed by atoms with Gasteiger partial charge in [0.05, 0.1) is 28.2 Å². The van der Waals surface area contributed by atoms with Crippen molar-refractivity contribution in [2.24, 2.45) is 0 Å². The summed E-state index contributed by atoms with van der Waals surface area (Å²) in [6, 6.07) is 113. The van der Waals surface area contributed by atoms with Crippen molar-refractivity contribution in [2.75, 3.05) is 19.6 Å². The van der Waals surface area contributed by atoms with Crippen LogP contribution >= 0.6 is 0 Å². The molecule has 2 aromatic heterocycles. The molecule has 11 heteroatoms. The molecule has 0 spiro atoms. The third-order valence-corrected chi connectivity index (χ3v) is 16.8. The van der Waals surface area contributed by atoms with Crippen molar-refractivity contribution < 1.29 is 30.0 Å². The Morgan fingerprint density at radius 3 is 0.827 bits per heavy atom. The average Bonchev–Trinajstić information content (AvgIpc) is 0.740. The minimum atomic E-state index is -0.125. The predicted octanol–water partition coefficient (Wildman–Crippen LogP) is 23.0. The van der Waals surface area contributed by atoms with Gasteiger partial charge in [-0.05, 0) is 182 Å². The Hall–Kier alpha value is -12.1. The molecule has 477 valence electrons. The summed E-state index contributed by atoms with van der Waals surface area (Å²) in [5, 5.41) is 16.8. The largest absolute Gasteiger partial charge is 0.512 e. The van der Waals surface area contributed by atoms with Gasteiger partial charge in [-0.3, -0.25) is 14.8 Å². The fourth-order valence-corrected chi connectivity index (χ4v) is 12.6. The van der Waals surface area contributed by atoms with Crippen LogP contribution in [0.25, 0.3) is 65.2 Å². The third kappa shape index (κ3) is 13.6. The van der Waals surface area contributed by atoms with Crippen LogP contribution in [-0.4, -0.2) is 30.8 Å². The smallest absolute Gasteiger partial charge is 0.155 e. The van der Waals surface area contributed by atoms with Gasteiger partial charge in [-0.2, -0.15) is 0 Å². The molecule has 0 atom stereocenters. The van der Waals surface area contributed by atoms with E-state index < -0.39 is 0 Å². The SMILES string of the molecule is CC(=O)C=C(C)O.Cc1cnc2c3[c-]cc(N(c4ccccc4)c4ccccc4)cc3c3cc(N(c4ccccc4)c4ccccc4)ccc3c2n1.Cc1cnc2c3[c-]cc(N(c4ccccc4)c4ccccc4)cc3c3cc(N(c4ccccc4)c4ccccc4)ccc3c2n1.[Ir]. The predicted molar refractivity (Wildman–Crippen MR) is 402 cm³/mol. The van der Waals surface area contributed by atoms with Gasteiger partial charge in [0.15, 0.2) is 5.78 Å². The maximum Gasteiger partial charge on any atom is 0.155 e. The van der Waals surface area contributed by atoms with Gasteiger partial charge in [0, 0.05) is 106 Å². The molecule has 0 amide bonds. The molecule has 1 radical (unpaired) electrons. The van der Waals surface area contributed by atoms with Gasteiger partial charge in [-0.25, -0.2) is 0 Å². The van der Waals surface area contributed by atoms with Crippen LogP contribution in [0.15, 0.2) is 328 Å². The Balaban J connectivity index is 0.000000159. The number of ketones is 1. The monoisotopic (exact) mass is 1450 g/mol. The average molecular weight is 1450 g/mol. The van der Waals surface area contributed by atoms with Gasteiger partial charge >= 0.3 is 0 Å². The molecule has 0 aliphatic carbocycles. The number of benzene rings is 14. The number of para-hydroxylation sites is 8. The number of aryl methyl sites for hydroxylation is 2. The zero-order valence-corrected chi connectivity index (χ0v) is 56.8. The topological polar surface area (TPSA) is 102 Å². The number of aliphatic hydroxyl groups excluding tert-OH is 1. The van der Waals surface area contributed by atoms with Crippen LogP contribution in [0, 0.1) is 26.0 Å². The van der Waals surface area contributed by atoms with Gasteiger partial charge < -0.3 is 34.7 Å². The summed E-state index contributed by atoms with van der Waals surface area (Å²) in [5.41, 5.74) is 18.1. The van der Waals surface area contributed by atoms with E-state index in [9.17, 15) is 4.79 Å². The molecular formula is C87H66IrN8O2-2. The first-order valence-corrected chi connectivity index (χ1v) is 32.2. The molecule has 0 aliphatic rings. The van der Waals surface area contributed by atoms with Gasteiger partial charge in [0.1, 0.15) is 0 Å². The second kappa shape index (κ2) is 29.2. The first-order valence-electron chi connectivity index (χ1n) is 32.2. The summed E-state index contributed by atoms with van der Waals surface area (Å²) < 4.78 is 0. The van der Waals surface area contributed by atoms with Gasteiger partial charge in [0.25, 0.3) is 0 Å². The first-order chi connectivity index (χ1) is 47.6. The Kier molecular flexibility index (Phi) is 19.3. The van der Waals surface area contributed by atoms with Crippen LogP contribution in [0.5, 0.6) is 0 Å². The van der Waals surface area contributed by atoms with Crippen molar-refractivity contribution in [3.63, 3.8) is 0 Å². The summed E-state index contributed by atoms with van der Waals surface area (Å²) in [5.74, 6) is -0.0625. The molecule has 0 fully saturated rings. The quantitative estimate of drug-likeness (QED) is 0.0520. The van der Waals surface area contributed by atoms with E-state index in [-0.39, 0.29) is 31.6 Å². The van der Waals surface area contributed by atoms with Crippen molar-refractivity contribution >= 4 is 139 Å². The Bertz CT molecular complexity index is 5000. The van der Waals surface area contributed by atoms with E-state index >= 15 is 0 Å². The number of nitrogens with zero attached hydrogens (tertiary/aromatic N) is 8. The minimum Gasteiger partial charge on any atom is -0.512 e.